The number of nitrogens with one attached hydrogen (secondary N) is 1. The van der Waals surface area contributed by atoms with E-state index in [4.69, 9.17) is 0 Å². The van der Waals surface area contributed by atoms with Crippen molar-refractivity contribution in [3.8, 4) is 0 Å². The van der Waals surface area contributed by atoms with Crippen LogP contribution in [0.25, 0.3) is 0 Å². The van der Waals surface area contributed by atoms with Gasteiger partial charge >= 0.3 is 0 Å². The van der Waals surface area contributed by atoms with Crippen molar-refractivity contribution in [3.63, 3.8) is 0 Å². The predicted octanol–water partition coefficient (Wildman–Crippen LogP) is 4.77. The first kappa shape index (κ1) is 17.2. The lowest BCUT2D eigenvalue weighted by molar-refractivity contribution is 0.278. The molecule has 1 N–H and O–H groups in total. The van der Waals surface area contributed by atoms with Crippen LogP contribution in [0.2, 0.25) is 0 Å². The highest BCUT2D eigenvalue weighted by Gasteiger charge is 2.26. The fourth-order valence-electron chi connectivity index (χ4n) is 3.14. The molecule has 114 valence electrons. The van der Waals surface area contributed by atoms with E-state index in [9.17, 15) is 0 Å². The number of hydrogen-bond donors (Lipinski definition) is 1. The highest BCUT2D eigenvalue weighted by Crippen LogP contribution is 2.28. The van der Waals surface area contributed by atoms with Crippen molar-refractivity contribution in [1.29, 1.82) is 0 Å². The van der Waals surface area contributed by atoms with Crippen LogP contribution in [0.4, 0.5) is 0 Å². The van der Waals surface area contributed by atoms with Crippen LogP contribution in [-0.4, -0.2) is 17.6 Å². The third-order valence-electron chi connectivity index (χ3n) is 4.15. The summed E-state index contributed by atoms with van der Waals surface area (Å²) in [5.41, 5.74) is 1.22. The van der Waals surface area contributed by atoms with Crippen LogP contribution in [0.1, 0.15) is 71.4 Å². The second-order valence-electron chi connectivity index (χ2n) is 5.86. The standard InChI is InChI=1S/C18H32N2/c1-5-10-16(11-6-2)18(20-13-7-3)15(4)17-12-8-9-14-19-17/h8-9,12,14-16,18,20H,5-7,10-11,13H2,1-4H3. The Morgan fingerprint density at radius 3 is 2.25 bits per heavy atom. The first-order valence-electron chi connectivity index (χ1n) is 8.38. The molecule has 2 unspecified atom stereocenters. The van der Waals surface area contributed by atoms with Gasteiger partial charge in [0, 0.05) is 23.9 Å². The lowest BCUT2D eigenvalue weighted by atomic mass is 9.82. The maximum absolute atomic E-state index is 4.57. The molecule has 1 heterocycles. The SMILES string of the molecule is CCCNC(C(CCC)CCC)C(C)c1ccccn1. The van der Waals surface area contributed by atoms with Crippen molar-refractivity contribution in [2.45, 2.75) is 71.8 Å². The number of nitrogens with zero attached hydrogens (tertiary/aromatic N) is 1. The Kier molecular flexibility index (Phi) is 8.52. The Hall–Kier alpha value is -0.890. The molecule has 20 heavy (non-hydrogen) atoms. The lowest BCUT2D eigenvalue weighted by Gasteiger charge is -2.32. The summed E-state index contributed by atoms with van der Waals surface area (Å²) in [6.07, 6.45) is 8.26. The Morgan fingerprint density at radius 1 is 1.05 bits per heavy atom. The molecule has 0 aliphatic carbocycles. The van der Waals surface area contributed by atoms with Crippen molar-refractivity contribution in [2.75, 3.05) is 6.54 Å². The van der Waals surface area contributed by atoms with E-state index in [-0.39, 0.29) is 0 Å². The smallest absolute Gasteiger partial charge is 0.0447 e. The van der Waals surface area contributed by atoms with Crippen LogP contribution in [0.15, 0.2) is 24.4 Å². The average molecular weight is 276 g/mol. The van der Waals surface area contributed by atoms with E-state index in [1.54, 1.807) is 0 Å². The molecular formula is C18H32N2. The molecule has 2 nitrogen and oxygen atoms in total. The van der Waals surface area contributed by atoms with Crippen molar-refractivity contribution in [1.82, 2.24) is 10.3 Å². The van der Waals surface area contributed by atoms with Crippen LogP contribution in [0.3, 0.4) is 0 Å². The van der Waals surface area contributed by atoms with E-state index in [0.717, 1.165) is 12.5 Å². The van der Waals surface area contributed by atoms with Gasteiger partial charge < -0.3 is 5.32 Å². The Labute approximate surface area is 125 Å². The third kappa shape index (κ3) is 5.24. The minimum atomic E-state index is 0.478. The summed E-state index contributed by atoms with van der Waals surface area (Å²) < 4.78 is 0. The van der Waals surface area contributed by atoms with Gasteiger partial charge in [0.25, 0.3) is 0 Å². The molecule has 1 aromatic heterocycles. The Morgan fingerprint density at radius 2 is 1.75 bits per heavy atom. The van der Waals surface area contributed by atoms with Crippen LogP contribution in [0.5, 0.6) is 0 Å². The van der Waals surface area contributed by atoms with E-state index >= 15 is 0 Å². The Bertz CT molecular complexity index is 331. The first-order chi connectivity index (χ1) is 9.74. The minimum Gasteiger partial charge on any atom is -0.313 e. The molecule has 1 rings (SSSR count). The molecular weight excluding hydrogens is 244 g/mol. The minimum absolute atomic E-state index is 0.478. The molecule has 0 aliphatic rings. The van der Waals surface area contributed by atoms with E-state index in [1.807, 2.05) is 12.3 Å². The van der Waals surface area contributed by atoms with E-state index in [2.05, 4.69) is 50.1 Å². The van der Waals surface area contributed by atoms with Gasteiger partial charge in [-0.3, -0.25) is 4.98 Å². The monoisotopic (exact) mass is 276 g/mol. The highest BCUT2D eigenvalue weighted by atomic mass is 14.9. The van der Waals surface area contributed by atoms with E-state index < -0.39 is 0 Å². The molecule has 2 heteroatoms. The largest absolute Gasteiger partial charge is 0.313 e. The molecule has 2 atom stereocenters. The van der Waals surface area contributed by atoms with E-state index in [1.165, 1.54) is 37.8 Å². The molecule has 1 aromatic rings. The molecule has 0 radical (unpaired) electrons. The van der Waals surface area contributed by atoms with Gasteiger partial charge in [-0.15, -0.1) is 0 Å². The number of aromatic nitrogens is 1. The van der Waals surface area contributed by atoms with Gasteiger partial charge in [-0.2, -0.15) is 0 Å². The number of hydrogen-bond acceptors (Lipinski definition) is 2. The molecule has 0 spiro atoms. The molecule has 0 fully saturated rings. The summed E-state index contributed by atoms with van der Waals surface area (Å²) in [7, 11) is 0. The van der Waals surface area contributed by atoms with E-state index in [0.29, 0.717) is 12.0 Å². The molecule has 0 aromatic carbocycles. The normalized spacial score (nSPS) is 14.4. The zero-order chi connectivity index (χ0) is 14.8. The van der Waals surface area contributed by atoms with Gasteiger partial charge in [0.2, 0.25) is 0 Å². The molecule has 0 amide bonds. The maximum Gasteiger partial charge on any atom is 0.0447 e. The summed E-state index contributed by atoms with van der Waals surface area (Å²) >= 11 is 0. The van der Waals surface area contributed by atoms with Crippen LogP contribution in [-0.2, 0) is 0 Å². The van der Waals surface area contributed by atoms with Crippen molar-refractivity contribution in [3.05, 3.63) is 30.1 Å². The first-order valence-corrected chi connectivity index (χ1v) is 8.38. The highest BCUT2D eigenvalue weighted by molar-refractivity contribution is 5.11. The third-order valence-corrected chi connectivity index (χ3v) is 4.15. The van der Waals surface area contributed by atoms with Gasteiger partial charge in [0.15, 0.2) is 0 Å². The van der Waals surface area contributed by atoms with Gasteiger partial charge in [0.05, 0.1) is 0 Å². The fourth-order valence-corrected chi connectivity index (χ4v) is 3.14. The van der Waals surface area contributed by atoms with Crippen LogP contribution < -0.4 is 5.32 Å². The van der Waals surface area contributed by atoms with Crippen LogP contribution >= 0.6 is 0 Å². The summed E-state index contributed by atoms with van der Waals surface area (Å²) in [6.45, 7) is 10.3. The topological polar surface area (TPSA) is 24.9 Å². The molecule has 0 aliphatic heterocycles. The Balaban J connectivity index is 2.85. The molecule has 0 saturated carbocycles. The molecule has 0 saturated heterocycles. The van der Waals surface area contributed by atoms with Crippen molar-refractivity contribution >= 4 is 0 Å². The lowest BCUT2D eigenvalue weighted by Crippen LogP contribution is -2.41. The van der Waals surface area contributed by atoms with Crippen LogP contribution in [0, 0.1) is 5.92 Å². The van der Waals surface area contributed by atoms with Gasteiger partial charge in [-0.05, 0) is 43.9 Å². The number of pyridine rings is 1. The molecule has 0 bridgehead atoms. The van der Waals surface area contributed by atoms with Gasteiger partial charge in [0.1, 0.15) is 0 Å². The second-order valence-corrected chi connectivity index (χ2v) is 5.86. The van der Waals surface area contributed by atoms with Crippen molar-refractivity contribution < 1.29 is 0 Å². The summed E-state index contributed by atoms with van der Waals surface area (Å²) in [4.78, 5) is 4.57. The predicted molar refractivity (Wildman–Crippen MR) is 88.0 cm³/mol. The van der Waals surface area contributed by atoms with Gasteiger partial charge in [-0.25, -0.2) is 0 Å². The second kappa shape index (κ2) is 9.93. The zero-order valence-corrected chi connectivity index (χ0v) is 13.7. The maximum atomic E-state index is 4.57. The quantitative estimate of drug-likeness (QED) is 0.666. The summed E-state index contributed by atoms with van der Waals surface area (Å²) in [5, 5.41) is 3.80. The zero-order valence-electron chi connectivity index (χ0n) is 13.7. The summed E-state index contributed by atoms with van der Waals surface area (Å²) in [5.74, 6) is 1.24. The average Bonchev–Trinajstić information content (AvgIpc) is 2.48. The summed E-state index contributed by atoms with van der Waals surface area (Å²) in [6, 6.07) is 6.81. The van der Waals surface area contributed by atoms with Crippen molar-refractivity contribution in [2.24, 2.45) is 5.92 Å². The number of rotatable bonds is 10. The fraction of sp³-hybridized carbons (Fsp3) is 0.722. The van der Waals surface area contributed by atoms with Gasteiger partial charge in [-0.1, -0.05) is 46.6 Å².